The maximum absolute atomic E-state index is 12.3. The molecule has 1 aromatic heterocycles. The molecule has 0 saturated carbocycles. The molecule has 1 fully saturated rings. The molecule has 1 aromatic rings. The van der Waals surface area contributed by atoms with Crippen molar-refractivity contribution in [3.05, 3.63) is 23.9 Å². The van der Waals surface area contributed by atoms with Crippen molar-refractivity contribution in [3.63, 3.8) is 0 Å². The molecule has 0 bridgehead atoms. The highest BCUT2D eigenvalue weighted by atomic mass is 16.2. The second-order valence-corrected chi connectivity index (χ2v) is 5.70. The van der Waals surface area contributed by atoms with Crippen LogP contribution in [0.25, 0.3) is 0 Å². The molecule has 1 atom stereocenters. The third-order valence-electron chi connectivity index (χ3n) is 3.67. The topological polar surface area (TPSA) is 74.3 Å². The van der Waals surface area contributed by atoms with E-state index in [4.69, 9.17) is 0 Å². The third kappa shape index (κ3) is 4.72. The molecule has 0 radical (unpaired) electrons. The summed E-state index contributed by atoms with van der Waals surface area (Å²) in [5.41, 5.74) is 0.862. The number of hydrogen-bond donors (Lipinski definition) is 2. The zero-order valence-corrected chi connectivity index (χ0v) is 13.3. The van der Waals surface area contributed by atoms with Crippen molar-refractivity contribution in [2.45, 2.75) is 45.6 Å². The molecule has 0 aromatic carbocycles. The molecule has 120 valence electrons. The molecule has 1 aliphatic heterocycles. The number of carbonyl (C=O) groups excluding carboxylic acids is 2. The summed E-state index contributed by atoms with van der Waals surface area (Å²) < 4.78 is 0. The Morgan fingerprint density at radius 1 is 1.41 bits per heavy atom. The van der Waals surface area contributed by atoms with Gasteiger partial charge in [-0.05, 0) is 38.3 Å². The van der Waals surface area contributed by atoms with Crippen LogP contribution in [0.15, 0.2) is 18.2 Å². The molecular formula is C16H24N4O2. The van der Waals surface area contributed by atoms with Crippen LogP contribution in [0.3, 0.4) is 0 Å². The van der Waals surface area contributed by atoms with Gasteiger partial charge in [0.15, 0.2) is 0 Å². The van der Waals surface area contributed by atoms with Crippen molar-refractivity contribution in [1.82, 2.24) is 15.2 Å². The van der Waals surface area contributed by atoms with E-state index in [-0.39, 0.29) is 18.0 Å². The lowest BCUT2D eigenvalue weighted by Crippen LogP contribution is -2.50. The predicted octanol–water partition coefficient (Wildman–Crippen LogP) is 2.30. The Bertz CT molecular complexity index is 533. The Morgan fingerprint density at radius 3 is 2.95 bits per heavy atom. The van der Waals surface area contributed by atoms with Gasteiger partial charge in [0.25, 0.3) is 0 Å². The first-order valence-corrected chi connectivity index (χ1v) is 7.87. The van der Waals surface area contributed by atoms with Crippen LogP contribution >= 0.6 is 0 Å². The van der Waals surface area contributed by atoms with Gasteiger partial charge in [-0.1, -0.05) is 13.0 Å². The van der Waals surface area contributed by atoms with Gasteiger partial charge in [-0.25, -0.2) is 9.78 Å². The van der Waals surface area contributed by atoms with Crippen LogP contribution in [0.1, 0.15) is 38.3 Å². The largest absolute Gasteiger partial charge is 0.352 e. The van der Waals surface area contributed by atoms with Gasteiger partial charge in [0.2, 0.25) is 5.91 Å². The van der Waals surface area contributed by atoms with Crippen molar-refractivity contribution < 1.29 is 9.59 Å². The summed E-state index contributed by atoms with van der Waals surface area (Å²) in [5, 5.41) is 5.82. The van der Waals surface area contributed by atoms with Crippen LogP contribution in [0, 0.1) is 6.92 Å². The van der Waals surface area contributed by atoms with Crippen LogP contribution in [0.5, 0.6) is 0 Å². The summed E-state index contributed by atoms with van der Waals surface area (Å²) >= 11 is 0. The number of aromatic nitrogens is 1. The van der Waals surface area contributed by atoms with Gasteiger partial charge in [0, 0.05) is 31.2 Å². The zero-order valence-electron chi connectivity index (χ0n) is 13.3. The average molecular weight is 304 g/mol. The van der Waals surface area contributed by atoms with E-state index in [9.17, 15) is 9.59 Å². The van der Waals surface area contributed by atoms with Crippen molar-refractivity contribution >= 4 is 17.8 Å². The quantitative estimate of drug-likeness (QED) is 0.896. The van der Waals surface area contributed by atoms with E-state index in [1.165, 1.54) is 0 Å². The maximum Gasteiger partial charge on any atom is 0.323 e. The van der Waals surface area contributed by atoms with Crippen molar-refractivity contribution in [2.24, 2.45) is 0 Å². The summed E-state index contributed by atoms with van der Waals surface area (Å²) in [7, 11) is 0. The zero-order chi connectivity index (χ0) is 15.9. The van der Waals surface area contributed by atoms with E-state index >= 15 is 0 Å². The van der Waals surface area contributed by atoms with Gasteiger partial charge in [-0.15, -0.1) is 0 Å². The number of likely N-dealkylation sites (tertiary alicyclic amines) is 1. The van der Waals surface area contributed by atoms with Crippen molar-refractivity contribution in [1.29, 1.82) is 0 Å². The number of anilines is 1. The van der Waals surface area contributed by atoms with Gasteiger partial charge in [0.1, 0.15) is 5.82 Å². The molecule has 6 heteroatoms. The first-order chi connectivity index (χ1) is 10.6. The highest BCUT2D eigenvalue weighted by molar-refractivity contribution is 5.88. The predicted molar refractivity (Wildman–Crippen MR) is 85.6 cm³/mol. The Kier molecular flexibility index (Phi) is 5.75. The summed E-state index contributed by atoms with van der Waals surface area (Å²) in [6, 6.07) is 5.41. The average Bonchev–Trinajstić information content (AvgIpc) is 2.47. The highest BCUT2D eigenvalue weighted by Gasteiger charge is 2.24. The Hall–Kier alpha value is -2.11. The molecule has 1 aliphatic rings. The van der Waals surface area contributed by atoms with E-state index in [2.05, 4.69) is 15.6 Å². The molecule has 0 spiro atoms. The van der Waals surface area contributed by atoms with Gasteiger partial charge in [-0.2, -0.15) is 0 Å². The van der Waals surface area contributed by atoms with Gasteiger partial charge in [0.05, 0.1) is 0 Å². The van der Waals surface area contributed by atoms with Crippen molar-refractivity contribution in [2.75, 3.05) is 18.4 Å². The second-order valence-electron chi connectivity index (χ2n) is 5.70. The van der Waals surface area contributed by atoms with Crippen LogP contribution in [-0.2, 0) is 4.79 Å². The number of nitrogens with one attached hydrogen (secondary N) is 2. The molecule has 0 aliphatic carbocycles. The lowest BCUT2D eigenvalue weighted by atomic mass is 10.1. The summed E-state index contributed by atoms with van der Waals surface area (Å²) in [5.74, 6) is 0.622. The molecule has 6 nitrogen and oxygen atoms in total. The highest BCUT2D eigenvalue weighted by Crippen LogP contribution is 2.13. The van der Waals surface area contributed by atoms with Crippen LogP contribution in [0.4, 0.5) is 10.6 Å². The fraction of sp³-hybridized carbons (Fsp3) is 0.562. The number of piperidine rings is 1. The Balaban J connectivity index is 1.88. The van der Waals surface area contributed by atoms with E-state index in [1.807, 2.05) is 26.0 Å². The molecule has 2 heterocycles. The Morgan fingerprint density at radius 2 is 2.23 bits per heavy atom. The third-order valence-corrected chi connectivity index (χ3v) is 3.67. The summed E-state index contributed by atoms with van der Waals surface area (Å²) in [6.07, 6.45) is 3.19. The molecule has 22 heavy (non-hydrogen) atoms. The molecule has 1 saturated heterocycles. The number of nitrogens with zero attached hydrogens (tertiary/aromatic N) is 2. The van der Waals surface area contributed by atoms with E-state index in [0.717, 1.165) is 25.0 Å². The van der Waals surface area contributed by atoms with E-state index in [1.54, 1.807) is 11.0 Å². The van der Waals surface area contributed by atoms with Gasteiger partial charge in [-0.3, -0.25) is 10.1 Å². The van der Waals surface area contributed by atoms with Gasteiger partial charge < -0.3 is 10.2 Å². The molecule has 0 unspecified atom stereocenters. The minimum atomic E-state index is -0.160. The second kappa shape index (κ2) is 7.77. The fourth-order valence-electron chi connectivity index (χ4n) is 2.61. The number of urea groups is 1. The van der Waals surface area contributed by atoms with Crippen LogP contribution in [0.2, 0.25) is 0 Å². The first kappa shape index (κ1) is 16.3. The monoisotopic (exact) mass is 304 g/mol. The Labute approximate surface area is 131 Å². The summed E-state index contributed by atoms with van der Waals surface area (Å²) in [4.78, 5) is 30.0. The lowest BCUT2D eigenvalue weighted by molar-refractivity contribution is -0.122. The first-order valence-electron chi connectivity index (χ1n) is 7.87. The number of rotatable bonds is 4. The molecule has 2 N–H and O–H groups in total. The molecular weight excluding hydrogens is 280 g/mol. The standard InChI is InChI=1S/C16H24N4O2/c1-3-6-15(21)18-13-8-5-10-20(11-13)16(22)19-14-9-4-7-12(2)17-14/h4,7,9,13H,3,5-6,8,10-11H2,1-2H3,(H,18,21)(H,17,19,22)/t13-/m0/s1. The lowest BCUT2D eigenvalue weighted by Gasteiger charge is -2.33. The smallest absolute Gasteiger partial charge is 0.323 e. The van der Waals surface area contributed by atoms with Crippen LogP contribution in [-0.4, -0.2) is 41.0 Å². The SMILES string of the molecule is CCCC(=O)N[C@H]1CCCN(C(=O)Nc2cccc(C)n2)C1. The number of carbonyl (C=O) groups is 2. The number of pyridine rings is 1. The van der Waals surface area contributed by atoms with Crippen molar-refractivity contribution in [3.8, 4) is 0 Å². The number of aryl methyl sites for hydroxylation is 1. The van der Waals surface area contributed by atoms with Gasteiger partial charge >= 0.3 is 6.03 Å². The summed E-state index contributed by atoms with van der Waals surface area (Å²) in [6.45, 7) is 5.12. The minimum absolute atomic E-state index is 0.0454. The molecule has 2 rings (SSSR count). The van der Waals surface area contributed by atoms with Crippen LogP contribution < -0.4 is 10.6 Å². The molecule has 3 amide bonds. The maximum atomic E-state index is 12.3. The minimum Gasteiger partial charge on any atom is -0.352 e. The fourth-order valence-corrected chi connectivity index (χ4v) is 2.61. The number of hydrogen-bond acceptors (Lipinski definition) is 3. The van der Waals surface area contributed by atoms with E-state index < -0.39 is 0 Å². The number of amides is 3. The normalized spacial score (nSPS) is 17.9. The van der Waals surface area contributed by atoms with E-state index in [0.29, 0.717) is 25.3 Å².